The zero-order valence-electron chi connectivity index (χ0n) is 16.2. The molecule has 2 aliphatic rings. The van der Waals surface area contributed by atoms with Gasteiger partial charge in [0.1, 0.15) is 12.9 Å². The molecule has 24 heavy (non-hydrogen) atoms. The maximum atomic E-state index is 13.0. The van der Waals surface area contributed by atoms with Crippen LogP contribution in [0.25, 0.3) is 0 Å². The molecule has 0 radical (unpaired) electrons. The van der Waals surface area contributed by atoms with Crippen LogP contribution >= 0.6 is 0 Å². The largest absolute Gasteiger partial charge is 0.502 e. The Morgan fingerprint density at radius 1 is 1.29 bits per heavy atom. The summed E-state index contributed by atoms with van der Waals surface area (Å²) in [6.07, 6.45) is 6.45. The Morgan fingerprint density at radius 2 is 2.00 bits per heavy atom. The summed E-state index contributed by atoms with van der Waals surface area (Å²) >= 11 is 0. The summed E-state index contributed by atoms with van der Waals surface area (Å²) in [6.45, 7) is 12.4. The molecule has 3 unspecified atom stereocenters. The number of ether oxygens (including phenoxy) is 3. The molecule has 2 aliphatic carbocycles. The smallest absolute Gasteiger partial charge is 0.172 e. The fourth-order valence-corrected chi connectivity index (χ4v) is 5.64. The van der Waals surface area contributed by atoms with Crippen molar-refractivity contribution in [3.63, 3.8) is 0 Å². The average molecular weight is 355 g/mol. The highest BCUT2D eigenvalue weighted by molar-refractivity contribution is 6.76. The summed E-state index contributed by atoms with van der Waals surface area (Å²) in [5, 5.41) is 0. The molecule has 4 nitrogen and oxygen atoms in total. The summed E-state index contributed by atoms with van der Waals surface area (Å²) < 4.78 is 16.4. The van der Waals surface area contributed by atoms with Crippen LogP contribution in [0.3, 0.4) is 0 Å². The Morgan fingerprint density at radius 3 is 2.62 bits per heavy atom. The number of rotatable bonds is 9. The van der Waals surface area contributed by atoms with E-state index in [1.165, 1.54) is 6.04 Å². The van der Waals surface area contributed by atoms with Crippen molar-refractivity contribution >= 4 is 13.9 Å². The van der Waals surface area contributed by atoms with Crippen molar-refractivity contribution in [2.75, 3.05) is 20.5 Å². The maximum Gasteiger partial charge on any atom is 0.172 e. The minimum absolute atomic E-state index is 0.0966. The number of methoxy groups -OCH3 is 1. The summed E-state index contributed by atoms with van der Waals surface area (Å²) in [4.78, 5) is 13.0. The van der Waals surface area contributed by atoms with Crippen LogP contribution in [0.1, 0.15) is 33.1 Å². The topological polar surface area (TPSA) is 44.8 Å². The van der Waals surface area contributed by atoms with Crippen molar-refractivity contribution in [1.82, 2.24) is 0 Å². The fourth-order valence-electron chi connectivity index (χ4n) is 4.44. The fraction of sp³-hybridized carbons (Fsp3) is 0.842. The van der Waals surface area contributed by atoms with Gasteiger partial charge in [0.25, 0.3) is 0 Å². The van der Waals surface area contributed by atoms with E-state index >= 15 is 0 Å². The molecule has 0 saturated heterocycles. The van der Waals surface area contributed by atoms with Crippen LogP contribution in [0.5, 0.6) is 0 Å². The molecule has 2 rings (SSSR count). The van der Waals surface area contributed by atoms with E-state index in [0.29, 0.717) is 0 Å². The first kappa shape index (κ1) is 19.7. The zero-order chi connectivity index (χ0) is 18.0. The monoisotopic (exact) mass is 354 g/mol. The third kappa shape index (κ3) is 3.63. The minimum Gasteiger partial charge on any atom is -0.502 e. The summed E-state index contributed by atoms with van der Waals surface area (Å²) in [6, 6.07) is 1.27. The number of Topliss-reactive ketones (excluding diaryl/α,β-unsaturated/α-hetero) is 1. The van der Waals surface area contributed by atoms with E-state index in [2.05, 4.69) is 33.5 Å². The first-order valence-electron chi connectivity index (χ1n) is 9.10. The van der Waals surface area contributed by atoms with Crippen molar-refractivity contribution in [2.45, 2.75) is 64.9 Å². The molecular formula is C19H34O4Si. The molecule has 0 heterocycles. The van der Waals surface area contributed by atoms with Gasteiger partial charge in [-0.15, -0.1) is 0 Å². The lowest BCUT2D eigenvalue weighted by molar-refractivity contribution is -0.146. The van der Waals surface area contributed by atoms with Crippen molar-refractivity contribution in [2.24, 2.45) is 16.7 Å². The van der Waals surface area contributed by atoms with Crippen LogP contribution in [0.4, 0.5) is 0 Å². The van der Waals surface area contributed by atoms with Gasteiger partial charge in [0, 0.05) is 15.2 Å². The maximum absolute atomic E-state index is 13.0. The Balaban J connectivity index is 1.97. The molecule has 0 aromatic heterocycles. The molecule has 0 spiro atoms. The molecule has 138 valence electrons. The zero-order valence-corrected chi connectivity index (χ0v) is 17.2. The summed E-state index contributed by atoms with van der Waals surface area (Å²) in [7, 11) is 0.589. The average Bonchev–Trinajstić information content (AvgIpc) is 2.82. The minimum atomic E-state index is -1.00. The summed E-state index contributed by atoms with van der Waals surface area (Å²) in [5.41, 5.74) is -0.546. The Hall–Kier alpha value is -0.653. The van der Waals surface area contributed by atoms with Gasteiger partial charge in [-0.2, -0.15) is 0 Å². The van der Waals surface area contributed by atoms with E-state index in [1.54, 1.807) is 13.4 Å². The van der Waals surface area contributed by atoms with Crippen LogP contribution < -0.4 is 0 Å². The molecule has 2 bridgehead atoms. The number of allylic oxidation sites excluding steroid dienone is 1. The predicted octanol–water partition coefficient (Wildman–Crippen LogP) is 4.24. The number of carbonyl (C=O) groups excluding carboxylic acids is 1. The first-order chi connectivity index (χ1) is 11.2. The lowest BCUT2D eigenvalue weighted by atomic mass is 9.69. The van der Waals surface area contributed by atoms with Gasteiger partial charge in [-0.3, -0.25) is 4.79 Å². The molecular weight excluding hydrogens is 320 g/mol. The normalized spacial score (nSPS) is 32.0. The molecule has 3 atom stereocenters. The van der Waals surface area contributed by atoms with Gasteiger partial charge in [0.2, 0.25) is 0 Å². The molecule has 2 saturated carbocycles. The van der Waals surface area contributed by atoms with Crippen LogP contribution in [0.2, 0.25) is 25.7 Å². The number of hydrogen-bond acceptors (Lipinski definition) is 4. The van der Waals surface area contributed by atoms with Gasteiger partial charge in [-0.25, -0.2) is 0 Å². The Kier molecular flexibility index (Phi) is 5.98. The van der Waals surface area contributed by atoms with Gasteiger partial charge in [0.15, 0.2) is 5.78 Å². The highest BCUT2D eigenvalue weighted by Crippen LogP contribution is 2.65. The van der Waals surface area contributed by atoms with Crippen LogP contribution in [-0.4, -0.2) is 40.5 Å². The van der Waals surface area contributed by atoms with Gasteiger partial charge in [-0.05, 0) is 36.7 Å². The number of fused-ring (bicyclic) bond motifs is 2. The van der Waals surface area contributed by atoms with Gasteiger partial charge >= 0.3 is 0 Å². The van der Waals surface area contributed by atoms with Crippen LogP contribution in [-0.2, 0) is 19.0 Å². The van der Waals surface area contributed by atoms with E-state index < -0.39 is 13.5 Å². The molecule has 0 aromatic carbocycles. The van der Waals surface area contributed by atoms with E-state index in [9.17, 15) is 4.79 Å². The van der Waals surface area contributed by atoms with E-state index in [4.69, 9.17) is 14.2 Å². The SMILES string of the molecule is COCOC1C(=O)C2(C=COCCC[Si](C)(C)C)CCC1C2(C)C. The molecule has 0 amide bonds. The van der Waals surface area contributed by atoms with E-state index in [1.807, 2.05) is 6.08 Å². The molecule has 0 aromatic rings. The Bertz CT molecular complexity index is 480. The van der Waals surface area contributed by atoms with Crippen molar-refractivity contribution < 1.29 is 19.0 Å². The lowest BCUT2D eigenvalue weighted by Gasteiger charge is -2.33. The highest BCUT2D eigenvalue weighted by Gasteiger charge is 2.68. The first-order valence-corrected chi connectivity index (χ1v) is 12.8. The quantitative estimate of drug-likeness (QED) is 0.269. The number of carbonyl (C=O) groups is 1. The third-order valence-corrected chi connectivity index (χ3v) is 7.85. The van der Waals surface area contributed by atoms with Gasteiger partial charge < -0.3 is 14.2 Å². The number of hydrogen-bond donors (Lipinski definition) is 0. The summed E-state index contributed by atoms with van der Waals surface area (Å²) in [5.74, 6) is 0.458. The van der Waals surface area contributed by atoms with E-state index in [0.717, 1.165) is 25.9 Å². The second-order valence-corrected chi connectivity index (χ2v) is 14.7. The molecule has 0 aliphatic heterocycles. The molecule has 0 N–H and O–H groups in total. The third-order valence-electron chi connectivity index (χ3n) is 5.99. The highest BCUT2D eigenvalue weighted by atomic mass is 28.3. The molecule has 5 heteroatoms. The number of ketones is 1. The van der Waals surface area contributed by atoms with Crippen molar-refractivity contribution in [1.29, 1.82) is 0 Å². The standard InChI is InChI=1S/C19H34O4Si/c1-18(2)15-8-9-19(18,17(20)16(15)23-14-21-3)10-12-22-11-7-13-24(4,5)6/h10,12,15-16H,7-9,11,13-14H2,1-6H3. The molecule has 2 fully saturated rings. The second kappa shape index (κ2) is 7.30. The van der Waals surface area contributed by atoms with Crippen LogP contribution in [0.15, 0.2) is 12.3 Å². The second-order valence-electron chi connectivity index (χ2n) is 9.03. The predicted molar refractivity (Wildman–Crippen MR) is 98.6 cm³/mol. The van der Waals surface area contributed by atoms with Gasteiger partial charge in [-0.1, -0.05) is 39.5 Å². The van der Waals surface area contributed by atoms with Crippen molar-refractivity contribution in [3.8, 4) is 0 Å². The Labute approximate surface area is 147 Å². The van der Waals surface area contributed by atoms with Crippen LogP contribution in [0, 0.1) is 16.7 Å². The van der Waals surface area contributed by atoms with Gasteiger partial charge in [0.05, 0.1) is 18.3 Å². The van der Waals surface area contributed by atoms with E-state index in [-0.39, 0.29) is 30.0 Å². The lowest BCUT2D eigenvalue weighted by Crippen LogP contribution is -2.37. The van der Waals surface area contributed by atoms with Crippen molar-refractivity contribution in [3.05, 3.63) is 12.3 Å².